The van der Waals surface area contributed by atoms with Gasteiger partial charge in [0.2, 0.25) is 5.82 Å². The summed E-state index contributed by atoms with van der Waals surface area (Å²) in [6.07, 6.45) is 1.22. The molecule has 0 aliphatic rings. The second kappa shape index (κ2) is 5.43. The first kappa shape index (κ1) is 12.9. The molecule has 2 aromatic rings. The highest BCUT2D eigenvalue weighted by molar-refractivity contribution is 5.89. The number of methoxy groups -OCH3 is 1. The van der Waals surface area contributed by atoms with Crippen LogP contribution in [0.2, 0.25) is 0 Å². The lowest BCUT2D eigenvalue weighted by molar-refractivity contribution is 0.0600. The number of rotatable bonds is 3. The number of nitrogens with zero attached hydrogens (tertiary/aromatic N) is 2. The average Bonchev–Trinajstić information content (AvgIpc) is 2.44. The molecule has 5 nitrogen and oxygen atoms in total. The van der Waals surface area contributed by atoms with E-state index in [0.717, 1.165) is 0 Å². The van der Waals surface area contributed by atoms with E-state index in [1.54, 1.807) is 0 Å². The van der Waals surface area contributed by atoms with E-state index in [1.165, 1.54) is 44.6 Å². The largest absolute Gasteiger partial charge is 0.465 e. The number of ether oxygens (including phenoxy) is 2. The second-order valence-electron chi connectivity index (χ2n) is 3.70. The van der Waals surface area contributed by atoms with Crippen molar-refractivity contribution < 1.29 is 18.7 Å². The molecule has 0 fully saturated rings. The highest BCUT2D eigenvalue weighted by Gasteiger charge is 2.10. The Morgan fingerprint density at radius 3 is 2.53 bits per heavy atom. The number of hydrogen-bond donors (Lipinski definition) is 0. The van der Waals surface area contributed by atoms with Crippen molar-refractivity contribution in [2.45, 2.75) is 6.92 Å². The summed E-state index contributed by atoms with van der Waals surface area (Å²) in [5, 5.41) is 0. The topological polar surface area (TPSA) is 61.3 Å². The molecule has 98 valence electrons. The van der Waals surface area contributed by atoms with Gasteiger partial charge < -0.3 is 9.47 Å². The predicted molar refractivity (Wildman–Crippen MR) is 64.6 cm³/mol. The summed E-state index contributed by atoms with van der Waals surface area (Å²) in [7, 11) is 1.30. The minimum Gasteiger partial charge on any atom is -0.465 e. The van der Waals surface area contributed by atoms with E-state index in [9.17, 15) is 9.18 Å². The van der Waals surface area contributed by atoms with Crippen LogP contribution in [-0.4, -0.2) is 23.0 Å². The van der Waals surface area contributed by atoms with E-state index in [0.29, 0.717) is 11.3 Å². The van der Waals surface area contributed by atoms with Crippen molar-refractivity contribution in [3.63, 3.8) is 0 Å². The van der Waals surface area contributed by atoms with Crippen molar-refractivity contribution in [1.29, 1.82) is 0 Å². The fourth-order valence-corrected chi connectivity index (χ4v) is 1.40. The Hall–Kier alpha value is -2.50. The van der Waals surface area contributed by atoms with E-state index in [1.807, 2.05) is 0 Å². The summed E-state index contributed by atoms with van der Waals surface area (Å²) in [4.78, 5) is 18.6. The lowest BCUT2D eigenvalue weighted by atomic mass is 10.2. The maximum Gasteiger partial charge on any atom is 0.337 e. The quantitative estimate of drug-likeness (QED) is 0.795. The summed E-state index contributed by atoms with van der Waals surface area (Å²) in [6, 6.07) is 6.10. The zero-order valence-electron chi connectivity index (χ0n) is 10.4. The van der Waals surface area contributed by atoms with Crippen molar-refractivity contribution >= 4 is 5.97 Å². The molecule has 19 heavy (non-hydrogen) atoms. The van der Waals surface area contributed by atoms with Gasteiger partial charge >= 0.3 is 5.97 Å². The third-order valence-electron chi connectivity index (χ3n) is 2.42. The fourth-order valence-electron chi connectivity index (χ4n) is 1.40. The first-order valence-electron chi connectivity index (χ1n) is 5.45. The van der Waals surface area contributed by atoms with Crippen molar-refractivity contribution in [3.8, 4) is 11.6 Å². The molecule has 0 amide bonds. The van der Waals surface area contributed by atoms with Gasteiger partial charge in [0.05, 0.1) is 18.4 Å². The fraction of sp³-hybridized carbons (Fsp3) is 0.154. The minimum atomic E-state index is -0.612. The number of carbonyl (C=O) groups is 1. The summed E-state index contributed by atoms with van der Waals surface area (Å²) in [5.74, 6) is -0.849. The summed E-state index contributed by atoms with van der Waals surface area (Å²) in [5.41, 5.74) is 0.588. The molecule has 0 N–H and O–H groups in total. The zero-order chi connectivity index (χ0) is 13.8. The normalized spacial score (nSPS) is 10.1. The van der Waals surface area contributed by atoms with Crippen LogP contribution in [-0.2, 0) is 4.74 Å². The van der Waals surface area contributed by atoms with Crippen molar-refractivity contribution in [1.82, 2.24) is 9.97 Å². The molecule has 0 unspecified atom stereocenters. The number of halogens is 1. The average molecular weight is 262 g/mol. The SMILES string of the molecule is COC(=O)c1ccc(Oc2ncnc(C)c2F)cc1. The first-order chi connectivity index (χ1) is 9.11. The van der Waals surface area contributed by atoms with Gasteiger partial charge in [0.25, 0.3) is 5.88 Å². The van der Waals surface area contributed by atoms with E-state index in [2.05, 4.69) is 14.7 Å². The van der Waals surface area contributed by atoms with Crippen LogP contribution in [0.5, 0.6) is 11.6 Å². The molecular weight excluding hydrogens is 251 g/mol. The molecule has 1 heterocycles. The Kier molecular flexibility index (Phi) is 3.70. The number of hydrogen-bond acceptors (Lipinski definition) is 5. The highest BCUT2D eigenvalue weighted by Crippen LogP contribution is 2.23. The van der Waals surface area contributed by atoms with E-state index in [-0.39, 0.29) is 11.6 Å². The monoisotopic (exact) mass is 262 g/mol. The van der Waals surface area contributed by atoms with Crippen molar-refractivity contribution in [2.75, 3.05) is 7.11 Å². The van der Waals surface area contributed by atoms with Crippen LogP contribution in [0.15, 0.2) is 30.6 Å². The van der Waals surface area contributed by atoms with Crippen LogP contribution in [0.4, 0.5) is 4.39 Å². The zero-order valence-corrected chi connectivity index (χ0v) is 10.4. The number of carbonyl (C=O) groups excluding carboxylic acids is 1. The molecule has 0 saturated carbocycles. The van der Waals surface area contributed by atoms with E-state index in [4.69, 9.17) is 4.74 Å². The van der Waals surface area contributed by atoms with Gasteiger partial charge in [0.15, 0.2) is 0 Å². The van der Waals surface area contributed by atoms with Crippen LogP contribution in [0.1, 0.15) is 16.1 Å². The smallest absolute Gasteiger partial charge is 0.337 e. The third kappa shape index (κ3) is 2.85. The number of esters is 1. The van der Waals surface area contributed by atoms with Crippen molar-refractivity contribution in [2.24, 2.45) is 0 Å². The minimum absolute atomic E-state index is 0.154. The molecule has 0 spiro atoms. The lowest BCUT2D eigenvalue weighted by Gasteiger charge is -2.06. The Morgan fingerprint density at radius 1 is 1.21 bits per heavy atom. The molecule has 0 saturated heterocycles. The Bertz CT molecular complexity index is 599. The van der Waals surface area contributed by atoms with Crippen LogP contribution in [0.25, 0.3) is 0 Å². The van der Waals surface area contributed by atoms with Gasteiger partial charge in [0.1, 0.15) is 12.1 Å². The second-order valence-corrected chi connectivity index (χ2v) is 3.70. The maximum absolute atomic E-state index is 13.6. The van der Waals surface area contributed by atoms with Crippen LogP contribution in [0, 0.1) is 12.7 Å². The van der Waals surface area contributed by atoms with Gasteiger partial charge in [-0.3, -0.25) is 0 Å². The molecule has 0 aliphatic carbocycles. The Balaban J connectivity index is 2.20. The summed E-state index contributed by atoms with van der Waals surface area (Å²) < 4.78 is 23.5. The lowest BCUT2D eigenvalue weighted by Crippen LogP contribution is -2.01. The molecule has 0 aliphatic heterocycles. The predicted octanol–water partition coefficient (Wildman–Crippen LogP) is 2.50. The standard InChI is InChI=1S/C13H11FN2O3/c1-8-11(14)12(16-7-15-8)19-10-5-3-9(4-6-10)13(17)18-2/h3-7H,1-2H3. The molecule has 1 aromatic carbocycles. The molecule has 6 heteroatoms. The van der Waals surface area contributed by atoms with E-state index < -0.39 is 11.8 Å². The van der Waals surface area contributed by atoms with Crippen LogP contribution >= 0.6 is 0 Å². The number of benzene rings is 1. The number of aromatic nitrogens is 2. The van der Waals surface area contributed by atoms with Gasteiger partial charge in [-0.1, -0.05) is 0 Å². The highest BCUT2D eigenvalue weighted by atomic mass is 19.1. The first-order valence-corrected chi connectivity index (χ1v) is 5.45. The van der Waals surface area contributed by atoms with E-state index >= 15 is 0 Å². The molecule has 0 atom stereocenters. The van der Waals surface area contributed by atoms with Gasteiger partial charge in [-0.25, -0.2) is 9.78 Å². The molecule has 0 radical (unpaired) electrons. The number of aryl methyl sites for hydroxylation is 1. The molecular formula is C13H11FN2O3. The Labute approximate surface area is 109 Å². The molecule has 2 rings (SSSR count). The maximum atomic E-state index is 13.6. The van der Waals surface area contributed by atoms with Crippen LogP contribution < -0.4 is 4.74 Å². The van der Waals surface area contributed by atoms with Gasteiger partial charge in [0, 0.05) is 0 Å². The van der Waals surface area contributed by atoms with Gasteiger partial charge in [-0.05, 0) is 31.2 Å². The van der Waals surface area contributed by atoms with Crippen LogP contribution in [0.3, 0.4) is 0 Å². The van der Waals surface area contributed by atoms with Gasteiger partial charge in [-0.15, -0.1) is 0 Å². The Morgan fingerprint density at radius 2 is 1.89 bits per heavy atom. The van der Waals surface area contributed by atoms with Crippen molar-refractivity contribution in [3.05, 3.63) is 47.7 Å². The molecule has 0 bridgehead atoms. The summed E-state index contributed by atoms with van der Waals surface area (Å²) in [6.45, 7) is 1.52. The molecule has 1 aromatic heterocycles. The van der Waals surface area contributed by atoms with Gasteiger partial charge in [-0.2, -0.15) is 9.37 Å². The third-order valence-corrected chi connectivity index (χ3v) is 2.42. The summed E-state index contributed by atoms with van der Waals surface area (Å²) >= 11 is 0.